The average Bonchev–Trinajstić information content (AvgIpc) is 2.71. The molecule has 0 saturated heterocycles. The first-order valence-electron chi connectivity index (χ1n) is 11.2. The van der Waals surface area contributed by atoms with E-state index < -0.39 is 24.1 Å². The summed E-state index contributed by atoms with van der Waals surface area (Å²) in [6.07, 6.45) is 10.7. The number of carbonyl (C=O) groups excluding carboxylic acids is 1. The number of rotatable bonds is 17. The molecule has 0 saturated carbocycles. The van der Waals surface area contributed by atoms with Crippen molar-refractivity contribution in [2.45, 2.75) is 109 Å². The van der Waals surface area contributed by atoms with Gasteiger partial charge in [-0.05, 0) is 6.42 Å². The molecule has 0 heterocycles. The third-order valence-corrected chi connectivity index (χ3v) is 5.37. The van der Waals surface area contributed by atoms with Crippen LogP contribution in [0, 0.1) is 0 Å². The van der Waals surface area contributed by atoms with E-state index in [1.54, 1.807) is 30.3 Å². The molecule has 0 aliphatic rings. The highest BCUT2D eigenvalue weighted by molar-refractivity contribution is 5.99. The molecule has 0 amide bonds. The summed E-state index contributed by atoms with van der Waals surface area (Å²) in [4.78, 5) is 12.1. The number of carbonyl (C=O) groups is 1. The van der Waals surface area contributed by atoms with Crippen LogP contribution < -0.4 is 0 Å². The molecule has 4 heteroatoms. The van der Waals surface area contributed by atoms with Gasteiger partial charge in [-0.15, -0.1) is 0 Å². The Bertz CT molecular complexity index is 503. The van der Waals surface area contributed by atoms with Crippen LogP contribution in [-0.2, 0) is 0 Å². The van der Waals surface area contributed by atoms with Gasteiger partial charge in [-0.2, -0.15) is 0 Å². The Hall–Kier alpha value is -1.23. The minimum atomic E-state index is -1.29. The van der Waals surface area contributed by atoms with Crippen molar-refractivity contribution in [2.75, 3.05) is 0 Å². The van der Waals surface area contributed by atoms with Crippen molar-refractivity contribution in [2.24, 2.45) is 0 Å². The fourth-order valence-corrected chi connectivity index (χ4v) is 3.50. The molecular formula is C24H40O4. The van der Waals surface area contributed by atoms with E-state index in [1.165, 1.54) is 51.4 Å². The lowest BCUT2D eigenvalue weighted by Gasteiger charge is -2.20. The van der Waals surface area contributed by atoms with Crippen molar-refractivity contribution in [3.8, 4) is 0 Å². The number of benzene rings is 1. The molecule has 0 fully saturated rings. The number of unbranched alkanes of at least 4 members (excludes halogenated alkanes) is 10. The Morgan fingerprint density at radius 1 is 0.750 bits per heavy atom. The molecule has 160 valence electrons. The van der Waals surface area contributed by atoms with E-state index in [0.29, 0.717) is 12.0 Å². The number of aliphatic hydroxyl groups excluding tert-OH is 3. The Morgan fingerprint density at radius 2 is 1.25 bits per heavy atom. The molecule has 1 rings (SSSR count). The van der Waals surface area contributed by atoms with Crippen molar-refractivity contribution < 1.29 is 20.1 Å². The minimum Gasteiger partial charge on any atom is -0.390 e. The van der Waals surface area contributed by atoms with Gasteiger partial charge in [-0.25, -0.2) is 0 Å². The summed E-state index contributed by atoms with van der Waals surface area (Å²) in [5.74, 6) is -0.415. The Morgan fingerprint density at radius 3 is 1.79 bits per heavy atom. The Kier molecular flexibility index (Phi) is 13.9. The first kappa shape index (κ1) is 24.8. The third-order valence-electron chi connectivity index (χ3n) is 5.37. The van der Waals surface area contributed by atoms with E-state index in [1.807, 2.05) is 0 Å². The molecule has 1 aromatic rings. The minimum absolute atomic E-state index is 0.132. The van der Waals surface area contributed by atoms with E-state index >= 15 is 0 Å². The van der Waals surface area contributed by atoms with Gasteiger partial charge in [-0.1, -0.05) is 108 Å². The molecule has 0 spiro atoms. The van der Waals surface area contributed by atoms with Gasteiger partial charge < -0.3 is 15.3 Å². The van der Waals surface area contributed by atoms with E-state index in [4.69, 9.17) is 0 Å². The highest BCUT2D eigenvalue weighted by Gasteiger charge is 2.24. The van der Waals surface area contributed by atoms with Crippen LogP contribution >= 0.6 is 0 Å². The zero-order valence-electron chi connectivity index (χ0n) is 17.6. The molecule has 3 unspecified atom stereocenters. The number of hydrogen-bond acceptors (Lipinski definition) is 4. The first-order chi connectivity index (χ1) is 13.6. The largest absolute Gasteiger partial charge is 0.390 e. The predicted octanol–water partition coefficient (Wildman–Crippen LogP) is 5.04. The molecular weight excluding hydrogens is 352 g/mol. The van der Waals surface area contributed by atoms with Crippen molar-refractivity contribution in [1.82, 2.24) is 0 Å². The predicted molar refractivity (Wildman–Crippen MR) is 114 cm³/mol. The van der Waals surface area contributed by atoms with Crippen LogP contribution in [0.1, 0.15) is 101 Å². The van der Waals surface area contributed by atoms with Gasteiger partial charge >= 0.3 is 0 Å². The second-order valence-corrected chi connectivity index (χ2v) is 7.94. The number of aliphatic hydroxyl groups is 3. The molecule has 28 heavy (non-hydrogen) atoms. The van der Waals surface area contributed by atoms with Gasteiger partial charge in [-0.3, -0.25) is 4.79 Å². The van der Waals surface area contributed by atoms with Crippen molar-refractivity contribution in [3.63, 3.8) is 0 Å². The van der Waals surface area contributed by atoms with E-state index in [0.717, 1.165) is 19.3 Å². The normalized spacial score (nSPS) is 14.6. The van der Waals surface area contributed by atoms with Crippen LogP contribution in [0.15, 0.2) is 30.3 Å². The summed E-state index contributed by atoms with van der Waals surface area (Å²) < 4.78 is 0. The summed E-state index contributed by atoms with van der Waals surface area (Å²) >= 11 is 0. The van der Waals surface area contributed by atoms with Crippen molar-refractivity contribution in [1.29, 1.82) is 0 Å². The van der Waals surface area contributed by atoms with Gasteiger partial charge in [0.05, 0.1) is 12.2 Å². The number of Topliss-reactive ketones (excluding diaryl/α,β-unsaturated/α-hetero) is 1. The van der Waals surface area contributed by atoms with Gasteiger partial charge in [0.15, 0.2) is 5.78 Å². The topological polar surface area (TPSA) is 77.8 Å². The second kappa shape index (κ2) is 15.7. The Labute approximate surface area is 171 Å². The zero-order valence-corrected chi connectivity index (χ0v) is 17.6. The standard InChI is InChI=1S/C24H40O4/c1-2-3-4-5-6-7-8-9-10-11-15-18-21(25)22(26)19-23(27)24(28)20-16-13-12-14-17-20/h12-14,16-17,21-23,25-27H,2-11,15,18-19H2,1H3. The molecule has 0 aliphatic heterocycles. The maximum absolute atomic E-state index is 12.1. The molecule has 3 atom stereocenters. The van der Waals surface area contributed by atoms with Crippen molar-refractivity contribution in [3.05, 3.63) is 35.9 Å². The lowest BCUT2D eigenvalue weighted by atomic mass is 9.96. The van der Waals surface area contributed by atoms with E-state index in [2.05, 4.69) is 6.92 Å². The third kappa shape index (κ3) is 10.9. The maximum atomic E-state index is 12.1. The average molecular weight is 393 g/mol. The lowest BCUT2D eigenvalue weighted by Crippen LogP contribution is -2.33. The quantitative estimate of drug-likeness (QED) is 0.256. The summed E-state index contributed by atoms with van der Waals surface area (Å²) in [5, 5.41) is 30.2. The van der Waals surface area contributed by atoms with Crippen molar-refractivity contribution >= 4 is 5.78 Å². The molecule has 0 radical (unpaired) electrons. The summed E-state index contributed by atoms with van der Waals surface area (Å²) in [6, 6.07) is 8.55. The number of hydrogen-bond donors (Lipinski definition) is 3. The van der Waals surface area contributed by atoms with Crippen LogP contribution in [0.2, 0.25) is 0 Å². The fourth-order valence-electron chi connectivity index (χ4n) is 3.50. The van der Waals surface area contributed by atoms with Gasteiger partial charge in [0.2, 0.25) is 0 Å². The van der Waals surface area contributed by atoms with Crippen LogP contribution in [0.3, 0.4) is 0 Å². The molecule has 1 aromatic carbocycles. The molecule has 3 N–H and O–H groups in total. The Balaban J connectivity index is 2.07. The fraction of sp³-hybridized carbons (Fsp3) is 0.708. The second-order valence-electron chi connectivity index (χ2n) is 7.94. The SMILES string of the molecule is CCCCCCCCCCCCCC(O)C(O)CC(O)C(=O)c1ccccc1. The number of ketones is 1. The van der Waals surface area contributed by atoms with Crippen LogP contribution in [0.25, 0.3) is 0 Å². The first-order valence-corrected chi connectivity index (χ1v) is 11.2. The van der Waals surface area contributed by atoms with Crippen LogP contribution in [0.4, 0.5) is 0 Å². The zero-order chi connectivity index (χ0) is 20.6. The summed E-state index contributed by atoms with van der Waals surface area (Å²) in [6.45, 7) is 2.24. The molecule has 4 nitrogen and oxygen atoms in total. The van der Waals surface area contributed by atoms with Gasteiger partial charge in [0.25, 0.3) is 0 Å². The highest BCUT2D eigenvalue weighted by atomic mass is 16.3. The van der Waals surface area contributed by atoms with Gasteiger partial charge in [0, 0.05) is 12.0 Å². The van der Waals surface area contributed by atoms with Crippen LogP contribution in [-0.4, -0.2) is 39.4 Å². The maximum Gasteiger partial charge on any atom is 0.191 e. The molecule has 0 bridgehead atoms. The highest BCUT2D eigenvalue weighted by Crippen LogP contribution is 2.16. The summed E-state index contributed by atoms with van der Waals surface area (Å²) in [7, 11) is 0. The van der Waals surface area contributed by atoms with E-state index in [9.17, 15) is 20.1 Å². The van der Waals surface area contributed by atoms with Gasteiger partial charge in [0.1, 0.15) is 6.10 Å². The van der Waals surface area contributed by atoms with Crippen LogP contribution in [0.5, 0.6) is 0 Å². The smallest absolute Gasteiger partial charge is 0.191 e. The lowest BCUT2D eigenvalue weighted by molar-refractivity contribution is -0.0130. The molecule has 0 aliphatic carbocycles. The summed E-state index contributed by atoms with van der Waals surface area (Å²) in [5.41, 5.74) is 0.419. The van der Waals surface area contributed by atoms with E-state index in [-0.39, 0.29) is 6.42 Å². The monoisotopic (exact) mass is 392 g/mol. The molecule has 0 aromatic heterocycles.